The van der Waals surface area contributed by atoms with Crippen LogP contribution in [0.4, 0.5) is 0 Å². The van der Waals surface area contributed by atoms with Crippen molar-refractivity contribution in [3.05, 3.63) is 0 Å². The SMILES string of the molecule is CCS(=O)(=O)N[C@@H](C)C(=O)N1CCC[C@H]1C(=O)O.[K]. The number of nitrogens with zero attached hydrogens (tertiary/aromatic N) is 1. The Morgan fingerprint density at radius 1 is 1.47 bits per heavy atom. The molecule has 1 aliphatic rings. The predicted molar refractivity (Wildman–Crippen MR) is 70.2 cm³/mol. The molecule has 1 heterocycles. The second-order valence-electron chi connectivity index (χ2n) is 4.27. The Morgan fingerprint density at radius 3 is 2.53 bits per heavy atom. The molecule has 2 N–H and O–H groups in total. The minimum atomic E-state index is -3.48. The number of nitrogens with one attached hydrogen (secondary N) is 1. The van der Waals surface area contributed by atoms with Gasteiger partial charge in [-0.05, 0) is 26.7 Å². The van der Waals surface area contributed by atoms with Crippen molar-refractivity contribution >= 4 is 73.3 Å². The van der Waals surface area contributed by atoms with Gasteiger partial charge in [-0.2, -0.15) is 0 Å². The first-order valence-electron chi connectivity index (χ1n) is 5.81. The zero-order valence-electron chi connectivity index (χ0n) is 11.4. The molecule has 1 rings (SSSR count). The van der Waals surface area contributed by atoms with Crippen molar-refractivity contribution in [2.75, 3.05) is 12.3 Å². The number of rotatable bonds is 5. The summed E-state index contributed by atoms with van der Waals surface area (Å²) in [5, 5.41) is 8.96. The van der Waals surface area contributed by atoms with Crippen molar-refractivity contribution < 1.29 is 23.1 Å². The van der Waals surface area contributed by atoms with Crippen LogP contribution in [0.1, 0.15) is 26.7 Å². The van der Waals surface area contributed by atoms with E-state index in [9.17, 15) is 18.0 Å². The molecule has 7 nitrogen and oxygen atoms in total. The van der Waals surface area contributed by atoms with Crippen molar-refractivity contribution in [1.29, 1.82) is 0 Å². The average Bonchev–Trinajstić information content (AvgIpc) is 2.76. The summed E-state index contributed by atoms with van der Waals surface area (Å²) in [5.41, 5.74) is 0. The van der Waals surface area contributed by atoms with E-state index in [1.807, 2.05) is 0 Å². The quantitative estimate of drug-likeness (QED) is 0.634. The molecule has 0 bridgehead atoms. The molecule has 1 amide bonds. The summed E-state index contributed by atoms with van der Waals surface area (Å²) in [5.74, 6) is -1.66. The van der Waals surface area contributed by atoms with Crippen LogP contribution in [0.3, 0.4) is 0 Å². The molecule has 0 saturated carbocycles. The molecule has 1 aliphatic heterocycles. The number of hydrogen-bond donors (Lipinski definition) is 2. The van der Waals surface area contributed by atoms with Gasteiger partial charge in [0.1, 0.15) is 6.04 Å². The van der Waals surface area contributed by atoms with Gasteiger partial charge >= 0.3 is 5.97 Å². The third-order valence-corrected chi connectivity index (χ3v) is 4.40. The van der Waals surface area contributed by atoms with Gasteiger partial charge in [-0.25, -0.2) is 17.9 Å². The van der Waals surface area contributed by atoms with Crippen molar-refractivity contribution in [3.8, 4) is 0 Å². The summed E-state index contributed by atoms with van der Waals surface area (Å²) in [4.78, 5) is 24.2. The second kappa shape index (κ2) is 8.06. The molecular formula is C10H18KN2O5S. The van der Waals surface area contributed by atoms with Gasteiger partial charge in [0.05, 0.1) is 11.8 Å². The van der Waals surface area contributed by atoms with Crippen LogP contribution in [0.5, 0.6) is 0 Å². The number of hydrogen-bond acceptors (Lipinski definition) is 4. The van der Waals surface area contributed by atoms with Gasteiger partial charge in [0.15, 0.2) is 0 Å². The molecule has 19 heavy (non-hydrogen) atoms. The number of amides is 1. The molecule has 1 fully saturated rings. The molecule has 1 radical (unpaired) electrons. The summed E-state index contributed by atoms with van der Waals surface area (Å²) in [6.45, 7) is 3.25. The van der Waals surface area contributed by atoms with E-state index in [0.717, 1.165) is 0 Å². The summed E-state index contributed by atoms with van der Waals surface area (Å²) < 4.78 is 24.9. The Kier molecular flexibility index (Phi) is 8.26. The van der Waals surface area contributed by atoms with Crippen molar-refractivity contribution in [2.24, 2.45) is 0 Å². The second-order valence-corrected chi connectivity index (χ2v) is 6.31. The fourth-order valence-electron chi connectivity index (χ4n) is 1.94. The molecule has 0 aromatic carbocycles. The largest absolute Gasteiger partial charge is 0.480 e. The van der Waals surface area contributed by atoms with E-state index in [-0.39, 0.29) is 57.1 Å². The topological polar surface area (TPSA) is 104 Å². The summed E-state index contributed by atoms with van der Waals surface area (Å²) in [6, 6.07) is -1.78. The molecule has 0 aliphatic carbocycles. The Hall–Kier alpha value is 0.486. The normalized spacial score (nSPS) is 20.7. The minimum absolute atomic E-state index is 0. The zero-order valence-corrected chi connectivity index (χ0v) is 15.4. The maximum atomic E-state index is 12.0. The van der Waals surface area contributed by atoms with E-state index in [2.05, 4.69) is 4.72 Å². The molecule has 0 unspecified atom stereocenters. The van der Waals surface area contributed by atoms with E-state index in [1.165, 1.54) is 18.7 Å². The Morgan fingerprint density at radius 2 is 2.05 bits per heavy atom. The molecule has 105 valence electrons. The molecule has 2 atom stereocenters. The average molecular weight is 317 g/mol. The smallest absolute Gasteiger partial charge is 0.326 e. The van der Waals surface area contributed by atoms with Crippen molar-refractivity contribution in [3.63, 3.8) is 0 Å². The molecule has 0 aromatic rings. The van der Waals surface area contributed by atoms with Crippen molar-refractivity contribution in [1.82, 2.24) is 9.62 Å². The van der Waals surface area contributed by atoms with Gasteiger partial charge in [-0.1, -0.05) is 0 Å². The van der Waals surface area contributed by atoms with Crippen LogP contribution in [0.25, 0.3) is 0 Å². The summed E-state index contributed by atoms with van der Waals surface area (Å²) in [7, 11) is -3.48. The third kappa shape index (κ3) is 5.41. The number of likely N-dealkylation sites (tertiary alicyclic amines) is 1. The molecule has 0 aromatic heterocycles. The maximum Gasteiger partial charge on any atom is 0.326 e. The van der Waals surface area contributed by atoms with Crippen LogP contribution < -0.4 is 4.72 Å². The number of carboxylic acid groups (broad SMARTS) is 1. The fourth-order valence-corrected chi connectivity index (χ4v) is 2.75. The van der Waals surface area contributed by atoms with E-state index < -0.39 is 34.0 Å². The first-order valence-corrected chi connectivity index (χ1v) is 7.47. The van der Waals surface area contributed by atoms with E-state index >= 15 is 0 Å². The molecule has 1 saturated heterocycles. The zero-order chi connectivity index (χ0) is 13.9. The number of aliphatic carboxylic acids is 1. The minimum Gasteiger partial charge on any atom is -0.480 e. The van der Waals surface area contributed by atoms with Crippen LogP contribution >= 0.6 is 0 Å². The monoisotopic (exact) mass is 317 g/mol. The van der Waals surface area contributed by atoms with Crippen LogP contribution in [0, 0.1) is 0 Å². The third-order valence-electron chi connectivity index (χ3n) is 2.93. The van der Waals surface area contributed by atoms with Gasteiger partial charge in [0.25, 0.3) is 0 Å². The molecule has 9 heteroatoms. The summed E-state index contributed by atoms with van der Waals surface area (Å²) >= 11 is 0. The van der Waals surface area contributed by atoms with Gasteiger partial charge in [-0.3, -0.25) is 4.79 Å². The van der Waals surface area contributed by atoms with Crippen molar-refractivity contribution in [2.45, 2.75) is 38.8 Å². The van der Waals surface area contributed by atoms with Crippen LogP contribution in [0.2, 0.25) is 0 Å². The first kappa shape index (κ1) is 19.5. The van der Waals surface area contributed by atoms with Crippen LogP contribution in [0.15, 0.2) is 0 Å². The Balaban J connectivity index is 0.00000324. The standard InChI is InChI=1S/C10H18N2O5S.K/c1-3-18(16,17)11-7(2)9(13)12-6-4-5-8(12)10(14)15;/h7-8,11H,3-6H2,1-2H3,(H,14,15);/t7-,8-;/m0./s1. The predicted octanol–water partition coefficient (Wildman–Crippen LogP) is -0.991. The number of carbonyl (C=O) groups excluding carboxylic acids is 1. The Labute approximate surface area is 155 Å². The molecule has 0 spiro atoms. The first-order chi connectivity index (χ1) is 8.28. The number of carboxylic acids is 1. The van der Waals surface area contributed by atoms with Crippen LogP contribution in [-0.4, -0.2) is 106 Å². The number of carbonyl (C=O) groups is 2. The van der Waals surface area contributed by atoms with Crippen LogP contribution in [-0.2, 0) is 19.6 Å². The van der Waals surface area contributed by atoms with Gasteiger partial charge in [-0.15, -0.1) is 0 Å². The van der Waals surface area contributed by atoms with Gasteiger partial charge < -0.3 is 10.0 Å². The van der Waals surface area contributed by atoms with E-state index in [1.54, 1.807) is 0 Å². The number of sulfonamides is 1. The summed E-state index contributed by atoms with van der Waals surface area (Å²) in [6.07, 6.45) is 1.03. The van der Waals surface area contributed by atoms with Gasteiger partial charge in [0, 0.05) is 57.9 Å². The molecular weight excluding hydrogens is 299 g/mol. The Bertz CT molecular complexity index is 439. The van der Waals surface area contributed by atoms with Gasteiger partial charge in [0.2, 0.25) is 15.9 Å². The fraction of sp³-hybridized carbons (Fsp3) is 0.800. The van der Waals surface area contributed by atoms with E-state index in [4.69, 9.17) is 5.11 Å². The maximum absolute atomic E-state index is 12.0. The van der Waals surface area contributed by atoms with E-state index in [0.29, 0.717) is 19.4 Å².